The van der Waals surface area contributed by atoms with E-state index in [4.69, 9.17) is 0 Å². The maximum atomic E-state index is 12.6. The van der Waals surface area contributed by atoms with E-state index in [0.29, 0.717) is 0 Å². The van der Waals surface area contributed by atoms with E-state index >= 15 is 0 Å². The molecule has 2 aromatic carbocycles. The summed E-state index contributed by atoms with van der Waals surface area (Å²) in [6.07, 6.45) is -3.36. The third-order valence-electron chi connectivity index (χ3n) is 4.22. The highest BCUT2D eigenvalue weighted by Crippen LogP contribution is 2.54. The first-order valence-corrected chi connectivity index (χ1v) is 7.14. The molecule has 0 amide bonds. The summed E-state index contributed by atoms with van der Waals surface area (Å²) in [6, 6.07) is 13.3. The smallest absolute Gasteiger partial charge is 0.342 e. The molecule has 1 aromatic heterocycles. The van der Waals surface area contributed by atoms with Crippen molar-refractivity contribution in [3.63, 3.8) is 0 Å². The number of hydrogen-bond donors (Lipinski definition) is 1. The fourth-order valence-corrected chi connectivity index (χ4v) is 2.93. The summed E-state index contributed by atoms with van der Waals surface area (Å²) >= 11 is 0. The van der Waals surface area contributed by atoms with Crippen molar-refractivity contribution in [2.24, 2.45) is 0 Å². The Morgan fingerprint density at radius 1 is 0.955 bits per heavy atom. The number of nitrogens with one attached hydrogen (secondary N) is 1. The van der Waals surface area contributed by atoms with Gasteiger partial charge in [0, 0.05) is 5.92 Å². The summed E-state index contributed by atoms with van der Waals surface area (Å²) in [5.74, 6) is 1.44. The zero-order chi connectivity index (χ0) is 15.3. The van der Waals surface area contributed by atoms with Gasteiger partial charge in [-0.1, -0.05) is 24.3 Å². The van der Waals surface area contributed by atoms with E-state index in [9.17, 15) is 13.2 Å². The number of aromatic amines is 1. The van der Waals surface area contributed by atoms with E-state index in [0.717, 1.165) is 41.0 Å². The molecule has 0 spiro atoms. The van der Waals surface area contributed by atoms with Crippen LogP contribution < -0.4 is 0 Å². The van der Waals surface area contributed by atoms with Crippen molar-refractivity contribution in [2.75, 3.05) is 0 Å². The van der Waals surface area contributed by atoms with Gasteiger partial charge in [-0.3, -0.25) is 0 Å². The van der Waals surface area contributed by atoms with Crippen molar-refractivity contribution in [1.29, 1.82) is 0 Å². The molecule has 1 aliphatic carbocycles. The van der Waals surface area contributed by atoms with Gasteiger partial charge in [0.1, 0.15) is 5.82 Å². The molecule has 1 fully saturated rings. The standard InChI is InChI=1S/C17H13F3N2/c18-17(19,20)11-7-5-10(6-8-11)12-9-13(12)16-21-14-3-1-2-4-15(14)22-16/h1-8,12-13H,9H2,(H,21,22)/t12-,13+/m1/s1. The predicted molar refractivity (Wildman–Crippen MR) is 77.6 cm³/mol. The van der Waals surface area contributed by atoms with Crippen molar-refractivity contribution in [3.05, 3.63) is 65.5 Å². The van der Waals surface area contributed by atoms with Crippen LogP contribution in [-0.2, 0) is 6.18 Å². The molecule has 2 nitrogen and oxygen atoms in total. The van der Waals surface area contributed by atoms with Crippen molar-refractivity contribution < 1.29 is 13.2 Å². The number of benzene rings is 2. The number of nitrogens with zero attached hydrogens (tertiary/aromatic N) is 1. The van der Waals surface area contributed by atoms with E-state index in [2.05, 4.69) is 9.97 Å². The summed E-state index contributed by atoms with van der Waals surface area (Å²) in [5.41, 5.74) is 2.27. The number of H-pyrrole nitrogens is 1. The van der Waals surface area contributed by atoms with Gasteiger partial charge in [0.05, 0.1) is 16.6 Å². The molecule has 0 aliphatic heterocycles. The van der Waals surface area contributed by atoms with E-state index in [-0.39, 0.29) is 11.8 Å². The molecular formula is C17H13F3N2. The average Bonchev–Trinajstić information content (AvgIpc) is 3.18. The van der Waals surface area contributed by atoms with Gasteiger partial charge in [-0.2, -0.15) is 13.2 Å². The minimum atomic E-state index is -4.28. The van der Waals surface area contributed by atoms with Crippen molar-refractivity contribution >= 4 is 11.0 Å². The predicted octanol–water partition coefficient (Wildman–Crippen LogP) is 4.85. The van der Waals surface area contributed by atoms with Crippen LogP contribution in [0.2, 0.25) is 0 Å². The maximum absolute atomic E-state index is 12.6. The second kappa shape index (κ2) is 4.60. The van der Waals surface area contributed by atoms with Gasteiger partial charge >= 0.3 is 6.18 Å². The highest BCUT2D eigenvalue weighted by atomic mass is 19.4. The van der Waals surface area contributed by atoms with Crippen LogP contribution in [0.15, 0.2) is 48.5 Å². The Balaban J connectivity index is 1.56. The summed E-state index contributed by atoms with van der Waals surface area (Å²) in [4.78, 5) is 7.87. The summed E-state index contributed by atoms with van der Waals surface area (Å²) < 4.78 is 37.7. The van der Waals surface area contributed by atoms with Crippen LogP contribution in [-0.4, -0.2) is 9.97 Å². The minimum absolute atomic E-state index is 0.253. The normalized spacial score (nSPS) is 21.2. The molecule has 1 aliphatic rings. The lowest BCUT2D eigenvalue weighted by atomic mass is 10.1. The molecule has 3 aromatic rings. The first-order valence-electron chi connectivity index (χ1n) is 7.14. The zero-order valence-electron chi connectivity index (χ0n) is 11.6. The van der Waals surface area contributed by atoms with Gasteiger partial charge in [-0.05, 0) is 42.2 Å². The Labute approximate surface area is 125 Å². The molecule has 1 N–H and O–H groups in total. The largest absolute Gasteiger partial charge is 0.416 e. The number of alkyl halides is 3. The monoisotopic (exact) mass is 302 g/mol. The number of imidazole rings is 1. The van der Waals surface area contributed by atoms with Crippen molar-refractivity contribution in [1.82, 2.24) is 9.97 Å². The Bertz CT molecular complexity index is 785. The Morgan fingerprint density at radius 2 is 1.68 bits per heavy atom. The third-order valence-corrected chi connectivity index (χ3v) is 4.22. The fraction of sp³-hybridized carbons (Fsp3) is 0.235. The van der Waals surface area contributed by atoms with Gasteiger partial charge in [-0.15, -0.1) is 0 Å². The number of rotatable bonds is 2. The van der Waals surface area contributed by atoms with Crippen LogP contribution in [0.25, 0.3) is 11.0 Å². The van der Waals surface area contributed by atoms with Crippen LogP contribution >= 0.6 is 0 Å². The minimum Gasteiger partial charge on any atom is -0.342 e. The SMILES string of the molecule is FC(F)(F)c1ccc([C@H]2C[C@@H]2c2nc3ccccc3[nH]2)cc1. The lowest BCUT2D eigenvalue weighted by Gasteiger charge is -2.07. The number of aromatic nitrogens is 2. The molecule has 1 saturated carbocycles. The van der Waals surface area contributed by atoms with E-state index < -0.39 is 11.7 Å². The second-order valence-corrected chi connectivity index (χ2v) is 5.71. The molecule has 0 bridgehead atoms. The summed E-state index contributed by atoms with van der Waals surface area (Å²) in [6.45, 7) is 0. The molecule has 0 saturated heterocycles. The van der Waals surface area contributed by atoms with Gasteiger partial charge in [-0.25, -0.2) is 4.98 Å². The highest BCUT2D eigenvalue weighted by molar-refractivity contribution is 5.75. The molecule has 5 heteroatoms. The fourth-order valence-electron chi connectivity index (χ4n) is 2.93. The van der Waals surface area contributed by atoms with E-state index in [1.54, 1.807) is 12.1 Å². The number of halogens is 3. The third kappa shape index (κ3) is 2.26. The van der Waals surface area contributed by atoms with Gasteiger partial charge in [0.15, 0.2) is 0 Å². The summed E-state index contributed by atoms with van der Waals surface area (Å²) in [7, 11) is 0. The van der Waals surface area contributed by atoms with E-state index in [1.807, 2.05) is 24.3 Å². The molecule has 2 atom stereocenters. The molecule has 0 unspecified atom stereocenters. The first kappa shape index (κ1) is 13.4. The molecule has 22 heavy (non-hydrogen) atoms. The van der Waals surface area contributed by atoms with E-state index in [1.165, 1.54) is 0 Å². The van der Waals surface area contributed by atoms with Crippen LogP contribution in [0.5, 0.6) is 0 Å². The lowest BCUT2D eigenvalue weighted by molar-refractivity contribution is -0.137. The summed E-state index contributed by atoms with van der Waals surface area (Å²) in [5, 5.41) is 0. The molecular weight excluding hydrogens is 289 g/mol. The zero-order valence-corrected chi connectivity index (χ0v) is 11.6. The van der Waals surface area contributed by atoms with Crippen molar-refractivity contribution in [3.8, 4) is 0 Å². The lowest BCUT2D eigenvalue weighted by Crippen LogP contribution is -2.04. The van der Waals surface area contributed by atoms with Gasteiger partial charge in [0.2, 0.25) is 0 Å². The quantitative estimate of drug-likeness (QED) is 0.720. The number of fused-ring (bicyclic) bond motifs is 1. The van der Waals surface area contributed by atoms with Gasteiger partial charge < -0.3 is 4.98 Å². The molecule has 0 radical (unpaired) electrons. The van der Waals surface area contributed by atoms with Gasteiger partial charge in [0.25, 0.3) is 0 Å². The average molecular weight is 302 g/mol. The Hall–Kier alpha value is -2.30. The molecule has 112 valence electrons. The van der Waals surface area contributed by atoms with Crippen LogP contribution in [0.4, 0.5) is 13.2 Å². The highest BCUT2D eigenvalue weighted by Gasteiger charge is 2.42. The van der Waals surface area contributed by atoms with Crippen molar-refractivity contribution in [2.45, 2.75) is 24.4 Å². The molecule has 1 heterocycles. The first-order chi connectivity index (χ1) is 10.5. The molecule has 4 rings (SSSR count). The Kier molecular flexibility index (Phi) is 2.79. The number of hydrogen-bond acceptors (Lipinski definition) is 1. The topological polar surface area (TPSA) is 28.7 Å². The van der Waals surface area contributed by atoms with Crippen LogP contribution in [0, 0.1) is 0 Å². The van der Waals surface area contributed by atoms with Crippen LogP contribution in [0.1, 0.15) is 35.2 Å². The van der Waals surface area contributed by atoms with Crippen LogP contribution in [0.3, 0.4) is 0 Å². The maximum Gasteiger partial charge on any atom is 0.416 e. The number of para-hydroxylation sites is 2. The second-order valence-electron chi connectivity index (χ2n) is 5.71. The Morgan fingerprint density at radius 3 is 2.36 bits per heavy atom.